The lowest BCUT2D eigenvalue weighted by molar-refractivity contribution is 1.31. The Hall–Kier alpha value is -1.90. The molecule has 0 aromatic carbocycles. The fourth-order valence-electron chi connectivity index (χ4n) is 1.19. The number of aromatic nitrogens is 2. The Morgan fingerprint density at radius 2 is 1.85 bits per heavy atom. The first-order chi connectivity index (χ1) is 6.38. The van der Waals surface area contributed by atoms with E-state index in [9.17, 15) is 0 Å². The van der Waals surface area contributed by atoms with Gasteiger partial charge in [-0.25, -0.2) is 0 Å². The number of hydrogen-bond donors (Lipinski definition) is 1. The van der Waals surface area contributed by atoms with E-state index < -0.39 is 0 Å². The summed E-state index contributed by atoms with van der Waals surface area (Å²) in [6.45, 7) is 0. The van der Waals surface area contributed by atoms with Crippen LogP contribution in [0.2, 0.25) is 0 Å². The molecular weight excluding hydrogens is 162 g/mol. The average Bonchev–Trinajstić information content (AvgIpc) is 2.20. The monoisotopic (exact) mass is 171 g/mol. The molecular formula is C10H9N3. The molecule has 0 fully saturated rings. The number of nitrogens with zero attached hydrogens (tertiary/aromatic N) is 2. The first-order valence-corrected chi connectivity index (χ1v) is 3.98. The molecule has 0 atom stereocenters. The predicted octanol–water partition coefficient (Wildman–Crippen LogP) is 1.73. The molecule has 0 saturated carbocycles. The zero-order valence-corrected chi connectivity index (χ0v) is 7.01. The van der Waals surface area contributed by atoms with Crippen LogP contribution in [-0.2, 0) is 0 Å². The summed E-state index contributed by atoms with van der Waals surface area (Å²) < 4.78 is 0. The van der Waals surface area contributed by atoms with Crippen molar-refractivity contribution < 1.29 is 0 Å². The second-order valence-corrected chi connectivity index (χ2v) is 2.70. The summed E-state index contributed by atoms with van der Waals surface area (Å²) in [5.74, 6) is 0. The van der Waals surface area contributed by atoms with Gasteiger partial charge in [0.25, 0.3) is 0 Å². The third-order valence-corrected chi connectivity index (χ3v) is 1.82. The van der Waals surface area contributed by atoms with Gasteiger partial charge in [0.15, 0.2) is 0 Å². The van der Waals surface area contributed by atoms with Crippen molar-refractivity contribution in [3.63, 3.8) is 0 Å². The molecule has 13 heavy (non-hydrogen) atoms. The van der Waals surface area contributed by atoms with Crippen LogP contribution in [0, 0.1) is 0 Å². The SMILES string of the molecule is Nc1cnccc1-c1cccnc1. The minimum absolute atomic E-state index is 0.676. The van der Waals surface area contributed by atoms with Crippen molar-refractivity contribution in [1.29, 1.82) is 0 Å². The summed E-state index contributed by atoms with van der Waals surface area (Å²) in [6.07, 6.45) is 6.88. The standard InChI is InChI=1S/C10H9N3/c11-10-7-13-5-3-9(10)8-2-1-4-12-6-8/h1-7H,11H2. The molecule has 2 aromatic heterocycles. The van der Waals surface area contributed by atoms with Gasteiger partial charge in [0.05, 0.1) is 11.9 Å². The first kappa shape index (κ1) is 7.73. The maximum atomic E-state index is 5.76. The van der Waals surface area contributed by atoms with Crippen molar-refractivity contribution in [2.75, 3.05) is 5.73 Å². The van der Waals surface area contributed by atoms with Crippen LogP contribution in [0.3, 0.4) is 0 Å². The summed E-state index contributed by atoms with van der Waals surface area (Å²) in [6, 6.07) is 5.74. The first-order valence-electron chi connectivity index (χ1n) is 3.98. The van der Waals surface area contributed by atoms with Gasteiger partial charge in [-0.05, 0) is 12.1 Å². The van der Waals surface area contributed by atoms with Gasteiger partial charge in [0.1, 0.15) is 0 Å². The summed E-state index contributed by atoms with van der Waals surface area (Å²) >= 11 is 0. The lowest BCUT2D eigenvalue weighted by Crippen LogP contribution is -1.90. The highest BCUT2D eigenvalue weighted by Crippen LogP contribution is 2.22. The van der Waals surface area contributed by atoms with Crippen molar-refractivity contribution in [2.45, 2.75) is 0 Å². The fourth-order valence-corrected chi connectivity index (χ4v) is 1.19. The summed E-state index contributed by atoms with van der Waals surface area (Å²) in [7, 11) is 0. The average molecular weight is 171 g/mol. The van der Waals surface area contributed by atoms with Crippen LogP contribution in [0.15, 0.2) is 43.0 Å². The maximum absolute atomic E-state index is 5.76. The molecule has 0 spiro atoms. The largest absolute Gasteiger partial charge is 0.397 e. The molecule has 0 aliphatic rings. The van der Waals surface area contributed by atoms with E-state index in [2.05, 4.69) is 9.97 Å². The van der Waals surface area contributed by atoms with Crippen LogP contribution in [0.25, 0.3) is 11.1 Å². The molecule has 2 aromatic rings. The second-order valence-electron chi connectivity index (χ2n) is 2.70. The van der Waals surface area contributed by atoms with Crippen LogP contribution in [-0.4, -0.2) is 9.97 Å². The van der Waals surface area contributed by atoms with E-state index in [0.717, 1.165) is 11.1 Å². The van der Waals surface area contributed by atoms with Crippen molar-refractivity contribution in [1.82, 2.24) is 9.97 Å². The fraction of sp³-hybridized carbons (Fsp3) is 0. The van der Waals surface area contributed by atoms with E-state index in [-0.39, 0.29) is 0 Å². The molecule has 0 bridgehead atoms. The number of anilines is 1. The summed E-state index contributed by atoms with van der Waals surface area (Å²) in [5.41, 5.74) is 8.43. The van der Waals surface area contributed by atoms with Crippen LogP contribution in [0.4, 0.5) is 5.69 Å². The Balaban J connectivity index is 2.54. The molecule has 0 unspecified atom stereocenters. The molecule has 0 amide bonds. The Kier molecular flexibility index (Phi) is 1.92. The molecule has 3 heteroatoms. The quantitative estimate of drug-likeness (QED) is 0.710. The van der Waals surface area contributed by atoms with E-state index in [1.807, 2.05) is 18.2 Å². The van der Waals surface area contributed by atoms with Gasteiger partial charge in [0.2, 0.25) is 0 Å². The lowest BCUT2D eigenvalue weighted by atomic mass is 10.1. The Bertz CT molecular complexity index is 398. The third kappa shape index (κ3) is 1.49. The Morgan fingerprint density at radius 3 is 2.54 bits per heavy atom. The zero-order valence-electron chi connectivity index (χ0n) is 7.01. The van der Waals surface area contributed by atoms with Crippen molar-refractivity contribution in [3.8, 4) is 11.1 Å². The lowest BCUT2D eigenvalue weighted by Gasteiger charge is -2.02. The molecule has 64 valence electrons. The smallest absolute Gasteiger partial charge is 0.0580 e. The number of rotatable bonds is 1. The Labute approximate surface area is 76.3 Å². The number of nitrogens with two attached hydrogens (primary N) is 1. The second kappa shape index (κ2) is 3.23. The molecule has 0 radical (unpaired) electrons. The normalized spacial score (nSPS) is 9.85. The topological polar surface area (TPSA) is 51.8 Å². The molecule has 2 N–H and O–H groups in total. The van der Waals surface area contributed by atoms with Gasteiger partial charge in [0, 0.05) is 29.7 Å². The minimum Gasteiger partial charge on any atom is -0.397 e. The van der Waals surface area contributed by atoms with Crippen LogP contribution in [0.1, 0.15) is 0 Å². The van der Waals surface area contributed by atoms with Gasteiger partial charge >= 0.3 is 0 Å². The van der Waals surface area contributed by atoms with E-state index >= 15 is 0 Å². The molecule has 2 heterocycles. The highest BCUT2D eigenvalue weighted by atomic mass is 14.7. The zero-order chi connectivity index (χ0) is 9.10. The molecule has 2 rings (SSSR count). The van der Waals surface area contributed by atoms with Crippen LogP contribution >= 0.6 is 0 Å². The third-order valence-electron chi connectivity index (χ3n) is 1.82. The number of hydrogen-bond acceptors (Lipinski definition) is 3. The van der Waals surface area contributed by atoms with Crippen LogP contribution < -0.4 is 5.73 Å². The molecule has 0 aliphatic heterocycles. The van der Waals surface area contributed by atoms with Gasteiger partial charge in [-0.15, -0.1) is 0 Å². The van der Waals surface area contributed by atoms with Gasteiger partial charge < -0.3 is 5.73 Å². The van der Waals surface area contributed by atoms with Gasteiger partial charge in [-0.2, -0.15) is 0 Å². The number of nitrogen functional groups attached to an aromatic ring is 1. The number of pyridine rings is 2. The minimum atomic E-state index is 0.676. The van der Waals surface area contributed by atoms with E-state index in [4.69, 9.17) is 5.73 Å². The highest BCUT2D eigenvalue weighted by Gasteiger charge is 2.00. The molecule has 0 aliphatic carbocycles. The van der Waals surface area contributed by atoms with Gasteiger partial charge in [-0.1, -0.05) is 6.07 Å². The van der Waals surface area contributed by atoms with E-state index in [1.54, 1.807) is 24.8 Å². The van der Waals surface area contributed by atoms with Crippen molar-refractivity contribution >= 4 is 5.69 Å². The van der Waals surface area contributed by atoms with Crippen molar-refractivity contribution in [3.05, 3.63) is 43.0 Å². The van der Waals surface area contributed by atoms with E-state index in [1.165, 1.54) is 0 Å². The summed E-state index contributed by atoms with van der Waals surface area (Å²) in [5, 5.41) is 0. The van der Waals surface area contributed by atoms with Crippen molar-refractivity contribution in [2.24, 2.45) is 0 Å². The Morgan fingerprint density at radius 1 is 1.00 bits per heavy atom. The summed E-state index contributed by atoms with van der Waals surface area (Å²) in [4.78, 5) is 7.95. The highest BCUT2D eigenvalue weighted by molar-refractivity contribution is 5.74. The maximum Gasteiger partial charge on any atom is 0.0580 e. The molecule has 0 saturated heterocycles. The van der Waals surface area contributed by atoms with Crippen LogP contribution in [0.5, 0.6) is 0 Å². The van der Waals surface area contributed by atoms with Gasteiger partial charge in [-0.3, -0.25) is 9.97 Å². The predicted molar refractivity (Wildman–Crippen MR) is 51.9 cm³/mol. The van der Waals surface area contributed by atoms with E-state index in [0.29, 0.717) is 5.69 Å². The molecule has 3 nitrogen and oxygen atoms in total.